The minimum absolute atomic E-state index is 0.0357. The molecule has 2 aromatic heterocycles. The second-order valence-electron chi connectivity index (χ2n) is 7.46. The first kappa shape index (κ1) is 19.8. The Morgan fingerprint density at radius 3 is 2.50 bits per heavy atom. The molecule has 0 aliphatic heterocycles. The molecule has 2 heterocycles. The molecule has 0 atom stereocenters. The summed E-state index contributed by atoms with van der Waals surface area (Å²) in [6.45, 7) is 9.39. The Balaban J connectivity index is 1.91. The topological polar surface area (TPSA) is 51.0 Å². The molecule has 0 spiro atoms. The van der Waals surface area contributed by atoms with Crippen molar-refractivity contribution in [2.45, 2.75) is 34.2 Å². The third-order valence-corrected chi connectivity index (χ3v) is 5.43. The molecule has 0 radical (unpaired) electrons. The molecule has 1 amide bonds. The number of anilines is 1. The van der Waals surface area contributed by atoms with E-state index in [9.17, 15) is 4.79 Å². The van der Waals surface area contributed by atoms with Gasteiger partial charge in [0.2, 0.25) is 0 Å². The highest BCUT2D eigenvalue weighted by molar-refractivity contribution is 6.14. The number of rotatable bonds is 5. The first-order chi connectivity index (χ1) is 14.5. The highest BCUT2D eigenvalue weighted by atomic mass is 16.2. The Hall–Kier alpha value is -3.47. The summed E-state index contributed by atoms with van der Waals surface area (Å²) in [5, 5.41) is 5.25. The van der Waals surface area contributed by atoms with Gasteiger partial charge in [0.05, 0.1) is 22.8 Å². The molecular formula is C25H26N4O. The third kappa shape index (κ3) is 3.47. The van der Waals surface area contributed by atoms with Crippen molar-refractivity contribution < 1.29 is 4.79 Å². The molecular weight excluding hydrogens is 372 g/mol. The number of amides is 1. The van der Waals surface area contributed by atoms with Crippen LogP contribution in [0.1, 0.15) is 35.3 Å². The van der Waals surface area contributed by atoms with E-state index in [1.807, 2.05) is 73.7 Å². The lowest BCUT2D eigenvalue weighted by Crippen LogP contribution is -2.31. The van der Waals surface area contributed by atoms with Gasteiger partial charge in [0.15, 0.2) is 5.65 Å². The lowest BCUT2D eigenvalue weighted by Gasteiger charge is -2.24. The largest absolute Gasteiger partial charge is 0.308 e. The van der Waals surface area contributed by atoms with Crippen molar-refractivity contribution in [1.29, 1.82) is 0 Å². The monoisotopic (exact) mass is 398 g/mol. The lowest BCUT2D eigenvalue weighted by molar-refractivity contribution is 0.0989. The Kier molecular flexibility index (Phi) is 5.36. The van der Waals surface area contributed by atoms with Gasteiger partial charge in [0.25, 0.3) is 5.91 Å². The number of benzene rings is 2. The van der Waals surface area contributed by atoms with Gasteiger partial charge in [-0.3, -0.25) is 4.79 Å². The SMILES string of the molecule is CCN(C(=O)c1cc(-c2ccccc2)nc2c1cnn2CC)c1cc(C)ccc1C. The zero-order chi connectivity index (χ0) is 21.3. The molecule has 4 rings (SSSR count). The predicted octanol–water partition coefficient (Wildman–Crippen LogP) is 5.40. The number of carbonyl (C=O) groups excluding carboxylic acids is 1. The van der Waals surface area contributed by atoms with E-state index in [4.69, 9.17) is 4.98 Å². The van der Waals surface area contributed by atoms with E-state index in [1.54, 1.807) is 6.20 Å². The molecule has 0 bridgehead atoms. The number of fused-ring (bicyclic) bond motifs is 1. The van der Waals surface area contributed by atoms with Gasteiger partial charge in [-0.05, 0) is 51.0 Å². The van der Waals surface area contributed by atoms with Gasteiger partial charge in [-0.15, -0.1) is 0 Å². The number of hydrogen-bond acceptors (Lipinski definition) is 3. The minimum atomic E-state index is -0.0357. The smallest absolute Gasteiger partial charge is 0.259 e. The molecule has 30 heavy (non-hydrogen) atoms. The number of pyridine rings is 1. The standard InChI is InChI=1S/C25H26N4O/c1-5-28(23-14-17(3)12-13-18(23)4)25(30)20-15-22(19-10-8-7-9-11-19)27-24-21(20)16-26-29(24)6-2/h7-16H,5-6H2,1-4H3. The highest BCUT2D eigenvalue weighted by Crippen LogP contribution is 2.29. The molecule has 4 aromatic rings. The van der Waals surface area contributed by atoms with Crippen molar-refractivity contribution in [2.24, 2.45) is 0 Å². The van der Waals surface area contributed by atoms with Crippen LogP contribution in [0.15, 0.2) is 60.8 Å². The molecule has 0 saturated carbocycles. The van der Waals surface area contributed by atoms with Crippen LogP contribution in [0.3, 0.4) is 0 Å². The van der Waals surface area contributed by atoms with Crippen molar-refractivity contribution in [3.8, 4) is 11.3 Å². The summed E-state index contributed by atoms with van der Waals surface area (Å²) in [4.78, 5) is 20.5. The first-order valence-electron chi connectivity index (χ1n) is 10.3. The Labute approximate surface area is 177 Å². The van der Waals surface area contributed by atoms with Crippen LogP contribution < -0.4 is 4.90 Å². The maximum Gasteiger partial charge on any atom is 0.259 e. The lowest BCUT2D eigenvalue weighted by atomic mass is 10.0. The Morgan fingerprint density at radius 1 is 1.03 bits per heavy atom. The molecule has 5 heteroatoms. The van der Waals surface area contributed by atoms with Gasteiger partial charge in [-0.1, -0.05) is 42.5 Å². The zero-order valence-electron chi connectivity index (χ0n) is 17.9. The molecule has 2 aromatic carbocycles. The van der Waals surface area contributed by atoms with Crippen molar-refractivity contribution in [2.75, 3.05) is 11.4 Å². The second kappa shape index (κ2) is 8.11. The summed E-state index contributed by atoms with van der Waals surface area (Å²) in [6.07, 6.45) is 1.75. The van der Waals surface area contributed by atoms with Gasteiger partial charge in [-0.2, -0.15) is 5.10 Å². The number of carbonyl (C=O) groups is 1. The Bertz CT molecular complexity index is 1210. The molecule has 0 unspecified atom stereocenters. The summed E-state index contributed by atoms with van der Waals surface area (Å²) in [5.41, 5.74) is 6.27. The average Bonchev–Trinajstić information content (AvgIpc) is 3.19. The molecule has 5 nitrogen and oxygen atoms in total. The molecule has 0 saturated heterocycles. The maximum absolute atomic E-state index is 13.8. The third-order valence-electron chi connectivity index (χ3n) is 5.43. The fourth-order valence-corrected chi connectivity index (χ4v) is 3.79. The normalized spacial score (nSPS) is 11.1. The second-order valence-corrected chi connectivity index (χ2v) is 7.46. The van der Waals surface area contributed by atoms with E-state index in [-0.39, 0.29) is 5.91 Å². The fraction of sp³-hybridized carbons (Fsp3) is 0.240. The van der Waals surface area contributed by atoms with E-state index >= 15 is 0 Å². The van der Waals surface area contributed by atoms with E-state index < -0.39 is 0 Å². The molecule has 0 fully saturated rings. The molecule has 0 aliphatic carbocycles. The van der Waals surface area contributed by atoms with Crippen LogP contribution in [0.4, 0.5) is 5.69 Å². The number of nitrogens with zero attached hydrogens (tertiary/aromatic N) is 4. The van der Waals surface area contributed by atoms with Gasteiger partial charge in [0, 0.05) is 24.3 Å². The predicted molar refractivity (Wildman–Crippen MR) is 122 cm³/mol. The van der Waals surface area contributed by atoms with E-state index in [1.165, 1.54) is 0 Å². The summed E-state index contributed by atoms with van der Waals surface area (Å²) in [6, 6.07) is 18.1. The molecule has 0 aliphatic rings. The number of hydrogen-bond donors (Lipinski definition) is 0. The van der Waals surface area contributed by atoms with Crippen molar-refractivity contribution in [3.05, 3.63) is 77.5 Å². The van der Waals surface area contributed by atoms with Gasteiger partial charge in [-0.25, -0.2) is 9.67 Å². The zero-order valence-corrected chi connectivity index (χ0v) is 17.9. The summed E-state index contributed by atoms with van der Waals surface area (Å²) in [7, 11) is 0. The van der Waals surface area contributed by atoms with Crippen LogP contribution in [-0.4, -0.2) is 27.2 Å². The van der Waals surface area contributed by atoms with Crippen LogP contribution >= 0.6 is 0 Å². The van der Waals surface area contributed by atoms with Gasteiger partial charge >= 0.3 is 0 Å². The number of aryl methyl sites for hydroxylation is 3. The minimum Gasteiger partial charge on any atom is -0.308 e. The maximum atomic E-state index is 13.8. The number of aromatic nitrogens is 3. The van der Waals surface area contributed by atoms with Crippen LogP contribution in [-0.2, 0) is 6.54 Å². The van der Waals surface area contributed by atoms with E-state index in [0.29, 0.717) is 18.7 Å². The van der Waals surface area contributed by atoms with Crippen molar-refractivity contribution in [3.63, 3.8) is 0 Å². The van der Waals surface area contributed by atoms with Gasteiger partial charge < -0.3 is 4.90 Å². The average molecular weight is 399 g/mol. The van der Waals surface area contributed by atoms with Gasteiger partial charge in [0.1, 0.15) is 0 Å². The van der Waals surface area contributed by atoms with Crippen LogP contribution in [0.2, 0.25) is 0 Å². The Morgan fingerprint density at radius 2 is 1.80 bits per heavy atom. The first-order valence-corrected chi connectivity index (χ1v) is 10.3. The molecule has 0 N–H and O–H groups in total. The van der Waals surface area contributed by atoms with Crippen molar-refractivity contribution >= 4 is 22.6 Å². The summed E-state index contributed by atoms with van der Waals surface area (Å²) >= 11 is 0. The van der Waals surface area contributed by atoms with E-state index in [2.05, 4.69) is 23.3 Å². The fourth-order valence-electron chi connectivity index (χ4n) is 3.79. The van der Waals surface area contributed by atoms with Crippen LogP contribution in [0.5, 0.6) is 0 Å². The summed E-state index contributed by atoms with van der Waals surface area (Å²) < 4.78 is 1.84. The highest BCUT2D eigenvalue weighted by Gasteiger charge is 2.23. The van der Waals surface area contributed by atoms with Crippen LogP contribution in [0.25, 0.3) is 22.3 Å². The van der Waals surface area contributed by atoms with Crippen LogP contribution in [0, 0.1) is 13.8 Å². The summed E-state index contributed by atoms with van der Waals surface area (Å²) in [5.74, 6) is -0.0357. The molecule has 152 valence electrons. The van der Waals surface area contributed by atoms with E-state index in [0.717, 1.165) is 39.1 Å². The van der Waals surface area contributed by atoms with Crippen molar-refractivity contribution in [1.82, 2.24) is 14.8 Å². The quantitative estimate of drug-likeness (QED) is 0.452.